The summed E-state index contributed by atoms with van der Waals surface area (Å²) in [5.74, 6) is -0.305. The van der Waals surface area contributed by atoms with Gasteiger partial charge < -0.3 is 4.57 Å². The van der Waals surface area contributed by atoms with Crippen molar-refractivity contribution in [1.82, 2.24) is 4.57 Å². The van der Waals surface area contributed by atoms with Crippen molar-refractivity contribution in [2.45, 2.75) is 13.8 Å². The zero-order chi connectivity index (χ0) is 12.6. The Balaban J connectivity index is 2.77. The highest BCUT2D eigenvalue weighted by atomic mass is 79.9. The molecule has 1 aromatic carbocycles. The fourth-order valence-electron chi connectivity index (χ4n) is 1.90. The Kier molecular flexibility index (Phi) is 3.15. The molecule has 0 unspecified atom stereocenters. The van der Waals surface area contributed by atoms with E-state index in [1.54, 1.807) is 6.07 Å². The summed E-state index contributed by atoms with van der Waals surface area (Å²) in [6, 6.07) is 7.55. The van der Waals surface area contributed by atoms with E-state index in [0.29, 0.717) is 5.69 Å². The number of pyridine rings is 1. The molecule has 0 aliphatic rings. The van der Waals surface area contributed by atoms with Gasteiger partial charge in [0.2, 0.25) is 0 Å². The summed E-state index contributed by atoms with van der Waals surface area (Å²) < 4.78 is 15.9. The Bertz CT molecular complexity index is 608. The molecule has 2 rings (SSSR count). The summed E-state index contributed by atoms with van der Waals surface area (Å²) in [4.78, 5) is 11.3. The lowest BCUT2D eigenvalue weighted by Gasteiger charge is -2.15. The molecule has 88 valence electrons. The van der Waals surface area contributed by atoms with E-state index in [4.69, 9.17) is 0 Å². The first-order valence-electron chi connectivity index (χ1n) is 5.15. The van der Waals surface area contributed by atoms with Crippen molar-refractivity contribution in [3.63, 3.8) is 0 Å². The average molecular weight is 296 g/mol. The minimum atomic E-state index is -0.305. The van der Waals surface area contributed by atoms with Gasteiger partial charge in [-0.05, 0) is 48.0 Å². The molecule has 0 atom stereocenters. The zero-order valence-electron chi connectivity index (χ0n) is 9.50. The number of nitrogens with zero attached hydrogens (tertiary/aromatic N) is 1. The number of benzene rings is 1. The average Bonchev–Trinajstić information content (AvgIpc) is 2.21. The van der Waals surface area contributed by atoms with Crippen LogP contribution in [0.1, 0.15) is 11.4 Å². The van der Waals surface area contributed by atoms with Gasteiger partial charge in [0.15, 0.2) is 5.43 Å². The number of hydrogen-bond acceptors (Lipinski definition) is 1. The van der Waals surface area contributed by atoms with Crippen LogP contribution in [0.5, 0.6) is 0 Å². The minimum Gasteiger partial charge on any atom is -0.317 e. The van der Waals surface area contributed by atoms with Gasteiger partial charge in [-0.1, -0.05) is 0 Å². The van der Waals surface area contributed by atoms with Gasteiger partial charge in [-0.2, -0.15) is 0 Å². The largest absolute Gasteiger partial charge is 0.317 e. The summed E-state index contributed by atoms with van der Waals surface area (Å²) in [6.07, 6.45) is 0. The molecule has 0 radical (unpaired) electrons. The number of aromatic nitrogens is 1. The molecule has 0 saturated carbocycles. The van der Waals surface area contributed by atoms with Crippen LogP contribution >= 0.6 is 15.9 Å². The number of rotatable bonds is 1. The van der Waals surface area contributed by atoms with Gasteiger partial charge in [0.05, 0.1) is 5.69 Å². The molecule has 0 amide bonds. The van der Waals surface area contributed by atoms with Crippen molar-refractivity contribution in [3.8, 4) is 5.69 Å². The summed E-state index contributed by atoms with van der Waals surface area (Å²) in [7, 11) is 0. The Labute approximate surface area is 107 Å². The van der Waals surface area contributed by atoms with Crippen molar-refractivity contribution in [3.05, 3.63) is 62.2 Å². The van der Waals surface area contributed by atoms with E-state index in [0.717, 1.165) is 15.9 Å². The van der Waals surface area contributed by atoms with E-state index in [1.807, 2.05) is 18.4 Å². The lowest BCUT2D eigenvalue weighted by molar-refractivity contribution is 0.625. The Morgan fingerprint density at radius 3 is 2.29 bits per heavy atom. The first kappa shape index (κ1) is 12.0. The van der Waals surface area contributed by atoms with E-state index in [9.17, 15) is 9.18 Å². The van der Waals surface area contributed by atoms with Crippen molar-refractivity contribution in [2.75, 3.05) is 0 Å². The van der Waals surface area contributed by atoms with Crippen molar-refractivity contribution < 1.29 is 4.39 Å². The molecule has 0 aliphatic heterocycles. The van der Waals surface area contributed by atoms with Gasteiger partial charge in [0.25, 0.3) is 0 Å². The third kappa shape index (κ3) is 2.31. The molecular weight excluding hydrogens is 285 g/mol. The highest BCUT2D eigenvalue weighted by Gasteiger charge is 2.08. The fraction of sp³-hybridized carbons (Fsp3) is 0.154. The van der Waals surface area contributed by atoms with E-state index in [1.165, 1.54) is 24.3 Å². The lowest BCUT2D eigenvalue weighted by Crippen LogP contribution is -2.11. The van der Waals surface area contributed by atoms with Crippen LogP contribution in [0.25, 0.3) is 5.69 Å². The van der Waals surface area contributed by atoms with Crippen LogP contribution in [0, 0.1) is 19.7 Å². The maximum atomic E-state index is 13.3. The molecule has 4 heteroatoms. The molecule has 2 aromatic rings. The second-order valence-corrected chi connectivity index (χ2v) is 4.76. The highest BCUT2D eigenvalue weighted by Crippen LogP contribution is 2.24. The summed E-state index contributed by atoms with van der Waals surface area (Å²) >= 11 is 3.39. The molecular formula is C13H11BrFNO. The van der Waals surface area contributed by atoms with Crippen LogP contribution in [-0.4, -0.2) is 4.57 Å². The quantitative estimate of drug-likeness (QED) is 0.791. The van der Waals surface area contributed by atoms with Crippen LogP contribution in [-0.2, 0) is 0 Å². The minimum absolute atomic E-state index is 0.0382. The van der Waals surface area contributed by atoms with Crippen molar-refractivity contribution >= 4 is 15.9 Å². The van der Waals surface area contributed by atoms with E-state index in [2.05, 4.69) is 15.9 Å². The van der Waals surface area contributed by atoms with E-state index < -0.39 is 0 Å². The predicted octanol–water partition coefficient (Wildman–Crippen LogP) is 3.36. The van der Waals surface area contributed by atoms with Gasteiger partial charge >= 0.3 is 0 Å². The fourth-order valence-corrected chi connectivity index (χ4v) is 2.32. The molecule has 2 nitrogen and oxygen atoms in total. The van der Waals surface area contributed by atoms with E-state index >= 15 is 0 Å². The van der Waals surface area contributed by atoms with Crippen LogP contribution < -0.4 is 5.43 Å². The highest BCUT2D eigenvalue weighted by molar-refractivity contribution is 9.10. The Hall–Kier alpha value is -1.42. The third-order valence-corrected chi connectivity index (χ3v) is 3.23. The monoisotopic (exact) mass is 295 g/mol. The van der Waals surface area contributed by atoms with E-state index in [-0.39, 0.29) is 11.2 Å². The summed E-state index contributed by atoms with van der Waals surface area (Å²) in [5.41, 5.74) is 2.21. The van der Waals surface area contributed by atoms with Gasteiger partial charge in [-0.15, -0.1) is 0 Å². The lowest BCUT2D eigenvalue weighted by atomic mass is 10.2. The second-order valence-electron chi connectivity index (χ2n) is 3.90. The maximum absolute atomic E-state index is 13.3. The van der Waals surface area contributed by atoms with Crippen LogP contribution in [0.3, 0.4) is 0 Å². The Morgan fingerprint density at radius 1 is 1.12 bits per heavy atom. The summed E-state index contributed by atoms with van der Waals surface area (Å²) in [6.45, 7) is 3.65. The number of aryl methyl sites for hydroxylation is 2. The molecule has 17 heavy (non-hydrogen) atoms. The van der Waals surface area contributed by atoms with Crippen LogP contribution in [0.15, 0.2) is 39.6 Å². The van der Waals surface area contributed by atoms with Gasteiger partial charge in [0.1, 0.15) is 5.82 Å². The van der Waals surface area contributed by atoms with Crippen molar-refractivity contribution in [1.29, 1.82) is 0 Å². The molecule has 1 heterocycles. The maximum Gasteiger partial charge on any atom is 0.182 e. The first-order chi connectivity index (χ1) is 7.99. The van der Waals surface area contributed by atoms with Crippen molar-refractivity contribution in [2.24, 2.45) is 0 Å². The van der Waals surface area contributed by atoms with Gasteiger partial charge in [0, 0.05) is 28.0 Å². The third-order valence-electron chi connectivity index (χ3n) is 2.56. The second kappa shape index (κ2) is 4.45. The molecule has 1 aromatic heterocycles. The number of halogens is 2. The first-order valence-corrected chi connectivity index (χ1v) is 5.94. The topological polar surface area (TPSA) is 22.0 Å². The van der Waals surface area contributed by atoms with Gasteiger partial charge in [-0.3, -0.25) is 4.79 Å². The summed E-state index contributed by atoms with van der Waals surface area (Å²) in [5, 5.41) is 0. The zero-order valence-corrected chi connectivity index (χ0v) is 11.1. The molecule has 0 N–H and O–H groups in total. The SMILES string of the molecule is Cc1cc(=O)cc(C)n1-c1cc(F)ccc1Br. The van der Waals surface area contributed by atoms with Crippen LogP contribution in [0.2, 0.25) is 0 Å². The Morgan fingerprint density at radius 2 is 1.71 bits per heavy atom. The molecule has 0 aliphatic carbocycles. The van der Waals surface area contributed by atoms with Gasteiger partial charge in [-0.25, -0.2) is 4.39 Å². The molecule has 0 fully saturated rings. The normalized spacial score (nSPS) is 10.6. The smallest absolute Gasteiger partial charge is 0.182 e. The number of hydrogen-bond donors (Lipinski definition) is 0. The standard InChI is InChI=1S/C13H11BrFNO/c1-8-5-11(17)6-9(2)16(8)13-7-10(15)3-4-12(13)14/h3-7H,1-2H3. The predicted molar refractivity (Wildman–Crippen MR) is 69.2 cm³/mol. The molecule has 0 bridgehead atoms. The molecule has 0 spiro atoms. The molecule has 0 saturated heterocycles. The van der Waals surface area contributed by atoms with Crippen LogP contribution in [0.4, 0.5) is 4.39 Å².